The van der Waals surface area contributed by atoms with Crippen LogP contribution in [0.25, 0.3) is 6.08 Å². The molecule has 24 heavy (non-hydrogen) atoms. The quantitative estimate of drug-likeness (QED) is 0.269. The summed E-state index contributed by atoms with van der Waals surface area (Å²) in [5.41, 5.74) is 1.97. The molecule has 0 aliphatic heterocycles. The molecule has 0 aliphatic carbocycles. The fourth-order valence-corrected chi connectivity index (χ4v) is 2.09. The highest BCUT2D eigenvalue weighted by atomic mass is 15.2. The summed E-state index contributed by atoms with van der Waals surface area (Å²) in [6, 6.07) is 13.8. The van der Waals surface area contributed by atoms with Gasteiger partial charge in [-0.2, -0.15) is 5.26 Å². The lowest BCUT2D eigenvalue weighted by atomic mass is 10.1. The summed E-state index contributed by atoms with van der Waals surface area (Å²) in [6.45, 7) is 0.762. The first-order valence-electron chi connectivity index (χ1n) is 7.98. The van der Waals surface area contributed by atoms with Crippen molar-refractivity contribution in [2.24, 2.45) is 4.99 Å². The molecule has 0 atom stereocenters. The highest BCUT2D eigenvalue weighted by molar-refractivity contribution is 5.83. The Labute approximate surface area is 142 Å². The summed E-state index contributed by atoms with van der Waals surface area (Å²) >= 11 is 0. The van der Waals surface area contributed by atoms with Crippen LogP contribution in [-0.4, -0.2) is 17.5 Å². The number of pyridine rings is 1. The van der Waals surface area contributed by atoms with E-state index < -0.39 is 0 Å². The molecule has 0 saturated heterocycles. The Bertz CT molecular complexity index is 687. The average molecular weight is 319 g/mol. The third kappa shape index (κ3) is 6.75. The normalized spacial score (nSPS) is 11.2. The fourth-order valence-electron chi connectivity index (χ4n) is 2.09. The molecule has 1 aromatic heterocycles. The number of hydrogen-bond acceptors (Lipinski definition) is 3. The van der Waals surface area contributed by atoms with Crippen LogP contribution < -0.4 is 10.6 Å². The third-order valence-electron chi connectivity index (χ3n) is 3.28. The molecule has 122 valence electrons. The summed E-state index contributed by atoms with van der Waals surface area (Å²) in [5, 5.41) is 14.5. The number of guanidine groups is 1. The second kappa shape index (κ2) is 10.6. The van der Waals surface area contributed by atoms with Gasteiger partial charge in [0, 0.05) is 18.9 Å². The molecule has 2 N–H and O–H groups in total. The zero-order chi connectivity index (χ0) is 16.9. The number of unbranched alkanes of at least 4 members (excludes halogenated alkanes) is 2. The molecule has 5 nitrogen and oxygen atoms in total. The predicted octanol–water partition coefficient (Wildman–Crippen LogP) is 3.61. The summed E-state index contributed by atoms with van der Waals surface area (Å²) in [6.07, 6.45) is 12.7. The second-order valence-corrected chi connectivity index (χ2v) is 5.14. The summed E-state index contributed by atoms with van der Waals surface area (Å²) < 4.78 is 0. The number of rotatable bonds is 7. The van der Waals surface area contributed by atoms with Crippen molar-refractivity contribution >= 4 is 17.7 Å². The number of benzene rings is 1. The zero-order valence-corrected chi connectivity index (χ0v) is 13.5. The van der Waals surface area contributed by atoms with Crippen molar-refractivity contribution < 1.29 is 0 Å². The lowest BCUT2D eigenvalue weighted by Gasteiger charge is -2.07. The van der Waals surface area contributed by atoms with Crippen LogP contribution in [-0.2, 0) is 0 Å². The molecule has 0 aliphatic rings. The van der Waals surface area contributed by atoms with Gasteiger partial charge in [0.15, 0.2) is 6.19 Å². The van der Waals surface area contributed by atoms with E-state index in [-0.39, 0.29) is 0 Å². The maximum absolute atomic E-state index is 8.79. The first kappa shape index (κ1) is 17.2. The van der Waals surface area contributed by atoms with Crippen molar-refractivity contribution in [1.82, 2.24) is 15.6 Å². The number of hydrogen-bond donors (Lipinski definition) is 2. The number of allylic oxidation sites excluding steroid dienone is 1. The van der Waals surface area contributed by atoms with Crippen LogP contribution in [0.3, 0.4) is 0 Å². The van der Waals surface area contributed by atoms with Gasteiger partial charge < -0.3 is 5.32 Å². The van der Waals surface area contributed by atoms with Crippen molar-refractivity contribution in [2.75, 3.05) is 6.54 Å². The fraction of sp³-hybridized carbons (Fsp3) is 0.211. The Morgan fingerprint density at radius 1 is 1.12 bits per heavy atom. The van der Waals surface area contributed by atoms with E-state index in [4.69, 9.17) is 5.26 Å². The maximum Gasteiger partial charge on any atom is 0.209 e. The Kier molecular flexibility index (Phi) is 7.59. The van der Waals surface area contributed by atoms with Gasteiger partial charge in [-0.05, 0) is 37.0 Å². The van der Waals surface area contributed by atoms with Crippen LogP contribution in [0.4, 0.5) is 5.69 Å². The minimum atomic E-state index is 0.462. The monoisotopic (exact) mass is 319 g/mol. The summed E-state index contributed by atoms with van der Waals surface area (Å²) in [5.74, 6) is 0.462. The van der Waals surface area contributed by atoms with Gasteiger partial charge in [0.2, 0.25) is 5.96 Å². The van der Waals surface area contributed by atoms with E-state index in [1.165, 1.54) is 5.56 Å². The molecule has 5 heteroatoms. The van der Waals surface area contributed by atoms with Gasteiger partial charge in [-0.15, -0.1) is 0 Å². The van der Waals surface area contributed by atoms with Gasteiger partial charge in [0.25, 0.3) is 0 Å². The van der Waals surface area contributed by atoms with Gasteiger partial charge >= 0.3 is 0 Å². The SMILES string of the molecule is N#CN/C(=N/c1ccncc1)NCCCCC=Cc1ccccc1. The van der Waals surface area contributed by atoms with Crippen molar-refractivity contribution in [3.05, 3.63) is 66.5 Å². The maximum atomic E-state index is 8.79. The summed E-state index contributed by atoms with van der Waals surface area (Å²) in [7, 11) is 0. The zero-order valence-electron chi connectivity index (χ0n) is 13.5. The lowest BCUT2D eigenvalue weighted by Crippen LogP contribution is -2.34. The Morgan fingerprint density at radius 2 is 1.92 bits per heavy atom. The van der Waals surface area contributed by atoms with Gasteiger partial charge in [-0.1, -0.05) is 42.5 Å². The first-order valence-corrected chi connectivity index (χ1v) is 7.98. The second-order valence-electron chi connectivity index (χ2n) is 5.14. The molecule has 0 unspecified atom stereocenters. The highest BCUT2D eigenvalue weighted by Gasteiger charge is 1.97. The first-order chi connectivity index (χ1) is 11.9. The van der Waals surface area contributed by atoms with E-state index in [1.54, 1.807) is 24.5 Å². The highest BCUT2D eigenvalue weighted by Crippen LogP contribution is 2.08. The molecular weight excluding hydrogens is 298 g/mol. The van der Waals surface area contributed by atoms with Crippen LogP contribution in [0.5, 0.6) is 0 Å². The van der Waals surface area contributed by atoms with Gasteiger partial charge in [0.1, 0.15) is 0 Å². The minimum Gasteiger partial charge on any atom is -0.355 e. The van der Waals surface area contributed by atoms with Crippen LogP contribution in [0, 0.1) is 11.5 Å². The third-order valence-corrected chi connectivity index (χ3v) is 3.28. The number of nitrogens with one attached hydrogen (secondary N) is 2. The molecule has 2 rings (SSSR count). The Hall–Kier alpha value is -3.13. The Morgan fingerprint density at radius 3 is 2.67 bits per heavy atom. The average Bonchev–Trinajstić information content (AvgIpc) is 2.63. The lowest BCUT2D eigenvalue weighted by molar-refractivity contribution is 0.714. The molecule has 0 radical (unpaired) electrons. The van der Waals surface area contributed by atoms with Crippen molar-refractivity contribution in [3.8, 4) is 6.19 Å². The van der Waals surface area contributed by atoms with Crippen molar-refractivity contribution in [1.29, 1.82) is 5.26 Å². The van der Waals surface area contributed by atoms with Crippen LogP contribution in [0.15, 0.2) is 65.9 Å². The molecule has 0 saturated carbocycles. The Balaban J connectivity index is 1.69. The topological polar surface area (TPSA) is 73.1 Å². The van der Waals surface area contributed by atoms with Crippen molar-refractivity contribution in [2.45, 2.75) is 19.3 Å². The van der Waals surface area contributed by atoms with Crippen LogP contribution in [0.2, 0.25) is 0 Å². The minimum absolute atomic E-state index is 0.462. The van der Waals surface area contributed by atoms with Gasteiger partial charge in [-0.3, -0.25) is 10.3 Å². The van der Waals surface area contributed by atoms with E-state index in [0.29, 0.717) is 5.96 Å². The van der Waals surface area contributed by atoms with Gasteiger partial charge in [0.05, 0.1) is 5.69 Å². The van der Waals surface area contributed by atoms with E-state index in [1.807, 2.05) is 24.4 Å². The number of aromatic nitrogens is 1. The van der Waals surface area contributed by atoms with E-state index in [9.17, 15) is 0 Å². The molecule has 0 fully saturated rings. The van der Waals surface area contributed by atoms with E-state index in [0.717, 1.165) is 31.5 Å². The number of aliphatic imine (C=N–C) groups is 1. The molecule has 0 bridgehead atoms. The summed E-state index contributed by atoms with van der Waals surface area (Å²) in [4.78, 5) is 8.28. The molecule has 1 aromatic carbocycles. The predicted molar refractivity (Wildman–Crippen MR) is 97.4 cm³/mol. The number of nitriles is 1. The number of nitrogens with zero attached hydrogens (tertiary/aromatic N) is 3. The van der Waals surface area contributed by atoms with Crippen LogP contribution in [0.1, 0.15) is 24.8 Å². The largest absolute Gasteiger partial charge is 0.355 e. The molecule has 0 amide bonds. The van der Waals surface area contributed by atoms with Gasteiger partial charge in [-0.25, -0.2) is 4.99 Å². The van der Waals surface area contributed by atoms with E-state index >= 15 is 0 Å². The molecule has 1 heterocycles. The van der Waals surface area contributed by atoms with Crippen LogP contribution >= 0.6 is 0 Å². The molecular formula is C19H21N5. The molecule has 2 aromatic rings. The smallest absolute Gasteiger partial charge is 0.209 e. The van der Waals surface area contributed by atoms with E-state index in [2.05, 4.69) is 44.9 Å². The standard InChI is InChI=1S/C19H21N5/c20-16-23-19(24-18-11-14-21-15-12-18)22-13-7-2-1-4-8-17-9-5-3-6-10-17/h3-6,8-12,14-15H,1-2,7,13H2,(H2,21,22,23,24). The van der Waals surface area contributed by atoms with Crippen molar-refractivity contribution in [3.63, 3.8) is 0 Å². The molecule has 0 spiro atoms.